The van der Waals surface area contributed by atoms with E-state index in [0.29, 0.717) is 19.3 Å². The molecule has 0 rings (SSSR count). The molecule has 3 atom stereocenters. The van der Waals surface area contributed by atoms with Gasteiger partial charge in [0.1, 0.15) is 6.10 Å². The number of nitrogens with one attached hydrogen (secondary N) is 1. The van der Waals surface area contributed by atoms with E-state index >= 15 is 0 Å². The number of carbonyl (C=O) groups is 2. The summed E-state index contributed by atoms with van der Waals surface area (Å²) in [6.07, 6.45) is 63.9. The number of aliphatic hydroxyl groups excluding tert-OH is 2. The number of hydrogen-bond donors (Lipinski definition) is 3. The van der Waals surface area contributed by atoms with Crippen molar-refractivity contribution in [3.8, 4) is 0 Å². The SMILES string of the molecule is CCC/C=C/C=C/C=C/C=C/C=C/CCCCCCCC(=O)OC(CCC/C=C\CCCCCCCC)CC(=O)NC(CO)C(O)CCCCCCCCCCCCCCCCC. The van der Waals surface area contributed by atoms with Crippen LogP contribution in [0.4, 0.5) is 0 Å². The molecular weight excluding hydrogens is 779 g/mol. The molecule has 3 unspecified atom stereocenters. The highest BCUT2D eigenvalue weighted by molar-refractivity contribution is 5.77. The minimum atomic E-state index is -0.801. The third kappa shape index (κ3) is 45.7. The zero-order valence-corrected chi connectivity index (χ0v) is 41.4. The molecule has 6 nitrogen and oxygen atoms in total. The van der Waals surface area contributed by atoms with E-state index in [0.717, 1.165) is 83.5 Å². The third-order valence-electron chi connectivity index (χ3n) is 11.9. The normalized spacial score (nSPS) is 13.8. The van der Waals surface area contributed by atoms with Gasteiger partial charge in [0.15, 0.2) is 0 Å². The molecule has 0 aromatic heterocycles. The molecule has 0 saturated heterocycles. The summed E-state index contributed by atoms with van der Waals surface area (Å²) in [6, 6.07) is -0.718. The van der Waals surface area contributed by atoms with E-state index in [9.17, 15) is 19.8 Å². The van der Waals surface area contributed by atoms with Gasteiger partial charge in [-0.1, -0.05) is 248 Å². The summed E-state index contributed by atoms with van der Waals surface area (Å²) in [7, 11) is 0. The molecule has 0 heterocycles. The van der Waals surface area contributed by atoms with Gasteiger partial charge in [0.2, 0.25) is 5.91 Å². The molecule has 0 aliphatic rings. The smallest absolute Gasteiger partial charge is 0.306 e. The second-order valence-corrected chi connectivity index (χ2v) is 18.0. The van der Waals surface area contributed by atoms with E-state index in [1.54, 1.807) is 0 Å². The maximum Gasteiger partial charge on any atom is 0.306 e. The summed E-state index contributed by atoms with van der Waals surface area (Å²) in [5.41, 5.74) is 0. The Bertz CT molecular complexity index is 1170. The van der Waals surface area contributed by atoms with Gasteiger partial charge in [0.05, 0.1) is 25.2 Å². The van der Waals surface area contributed by atoms with Gasteiger partial charge >= 0.3 is 5.97 Å². The molecule has 0 fully saturated rings. The molecule has 0 aliphatic heterocycles. The summed E-state index contributed by atoms with van der Waals surface area (Å²) in [4.78, 5) is 26.1. The van der Waals surface area contributed by atoms with Crippen LogP contribution in [0.5, 0.6) is 0 Å². The van der Waals surface area contributed by atoms with Crippen LogP contribution in [0.3, 0.4) is 0 Å². The van der Waals surface area contributed by atoms with Crippen molar-refractivity contribution >= 4 is 11.9 Å². The van der Waals surface area contributed by atoms with Crippen LogP contribution < -0.4 is 5.32 Å². The number of allylic oxidation sites excluding steroid dienone is 12. The predicted octanol–water partition coefficient (Wildman–Crippen LogP) is 16.2. The van der Waals surface area contributed by atoms with Gasteiger partial charge in [-0.15, -0.1) is 0 Å². The molecule has 3 N–H and O–H groups in total. The van der Waals surface area contributed by atoms with Gasteiger partial charge < -0.3 is 20.3 Å². The molecule has 0 aromatic carbocycles. The Kier molecular flexibility index (Phi) is 48.1. The highest BCUT2D eigenvalue weighted by Gasteiger charge is 2.24. The maximum absolute atomic E-state index is 13.2. The highest BCUT2D eigenvalue weighted by Crippen LogP contribution is 2.17. The maximum atomic E-state index is 13.2. The quantitative estimate of drug-likeness (QED) is 0.0245. The number of aliphatic hydroxyl groups is 2. The van der Waals surface area contributed by atoms with E-state index < -0.39 is 18.2 Å². The second-order valence-electron chi connectivity index (χ2n) is 18.0. The lowest BCUT2D eigenvalue weighted by molar-refractivity contribution is -0.151. The first-order valence-corrected chi connectivity index (χ1v) is 26.7. The van der Waals surface area contributed by atoms with Gasteiger partial charge in [-0.25, -0.2) is 0 Å². The van der Waals surface area contributed by atoms with Crippen molar-refractivity contribution in [2.75, 3.05) is 6.61 Å². The fourth-order valence-corrected chi connectivity index (χ4v) is 7.81. The first-order chi connectivity index (χ1) is 31.0. The largest absolute Gasteiger partial charge is 0.462 e. The lowest BCUT2D eigenvalue weighted by Gasteiger charge is -2.24. The summed E-state index contributed by atoms with van der Waals surface area (Å²) in [5, 5.41) is 23.8. The first-order valence-electron chi connectivity index (χ1n) is 26.7. The summed E-state index contributed by atoms with van der Waals surface area (Å²) >= 11 is 0. The van der Waals surface area contributed by atoms with Crippen molar-refractivity contribution in [3.05, 3.63) is 72.9 Å². The molecule has 6 heteroatoms. The fourth-order valence-electron chi connectivity index (χ4n) is 7.81. The van der Waals surface area contributed by atoms with E-state index in [4.69, 9.17) is 4.74 Å². The molecular formula is C57H101NO5. The third-order valence-corrected chi connectivity index (χ3v) is 11.9. The Morgan fingerprint density at radius 2 is 0.873 bits per heavy atom. The molecule has 0 spiro atoms. The minimum Gasteiger partial charge on any atom is -0.462 e. The lowest BCUT2D eigenvalue weighted by atomic mass is 10.0. The molecule has 364 valence electrons. The number of amides is 1. The molecule has 0 bridgehead atoms. The van der Waals surface area contributed by atoms with E-state index in [1.807, 2.05) is 24.3 Å². The monoisotopic (exact) mass is 880 g/mol. The van der Waals surface area contributed by atoms with Crippen molar-refractivity contribution in [3.63, 3.8) is 0 Å². The van der Waals surface area contributed by atoms with E-state index in [2.05, 4.69) is 74.7 Å². The Morgan fingerprint density at radius 3 is 1.37 bits per heavy atom. The minimum absolute atomic E-state index is 0.0438. The molecule has 0 radical (unpaired) electrons. The van der Waals surface area contributed by atoms with Gasteiger partial charge in [-0.05, 0) is 64.2 Å². The van der Waals surface area contributed by atoms with Crippen LogP contribution in [-0.2, 0) is 14.3 Å². The standard InChI is InChI=1S/C57H101NO5/c1-4-7-10-13-16-19-22-24-26-27-28-30-32-35-38-41-44-47-50-57(62)63-53(48-45-42-39-36-33-21-18-15-12-9-6-3)51-56(61)58-54(52-59)55(60)49-46-43-40-37-34-31-29-25-23-20-17-14-11-8-5-2/h10,13,16,19,22,24,26-28,30,36,39,53-55,59-60H,4-9,11-12,14-15,17-18,20-21,23,25,29,31-35,37-38,40-52H2,1-3H3,(H,58,61)/b13-10+,19-16+,24-22+,27-26+,30-28+,39-36-. The fraction of sp³-hybridized carbons (Fsp3) is 0.754. The zero-order chi connectivity index (χ0) is 45.9. The lowest BCUT2D eigenvalue weighted by Crippen LogP contribution is -2.46. The number of ether oxygens (including phenoxy) is 1. The van der Waals surface area contributed by atoms with Crippen LogP contribution in [0.15, 0.2) is 72.9 Å². The van der Waals surface area contributed by atoms with Crippen LogP contribution in [0.25, 0.3) is 0 Å². The van der Waals surface area contributed by atoms with Crippen molar-refractivity contribution in [1.82, 2.24) is 5.32 Å². The molecule has 0 aliphatic carbocycles. The molecule has 0 saturated carbocycles. The predicted molar refractivity (Wildman–Crippen MR) is 273 cm³/mol. The van der Waals surface area contributed by atoms with Gasteiger partial charge in [-0.2, -0.15) is 0 Å². The molecule has 0 aromatic rings. The van der Waals surface area contributed by atoms with Crippen molar-refractivity contribution in [2.24, 2.45) is 0 Å². The van der Waals surface area contributed by atoms with Crippen LogP contribution in [0, 0.1) is 0 Å². The second kappa shape index (κ2) is 50.3. The topological polar surface area (TPSA) is 95.9 Å². The van der Waals surface area contributed by atoms with E-state index in [-0.39, 0.29) is 24.9 Å². The van der Waals surface area contributed by atoms with Crippen LogP contribution >= 0.6 is 0 Å². The Hall–Kier alpha value is -2.70. The molecule has 63 heavy (non-hydrogen) atoms. The Labute approximate surface area is 390 Å². The average Bonchev–Trinajstić information content (AvgIpc) is 3.28. The van der Waals surface area contributed by atoms with Gasteiger partial charge in [0.25, 0.3) is 0 Å². The van der Waals surface area contributed by atoms with Crippen LogP contribution in [-0.4, -0.2) is 46.9 Å². The van der Waals surface area contributed by atoms with Crippen molar-refractivity contribution < 1.29 is 24.5 Å². The first kappa shape index (κ1) is 60.3. The van der Waals surface area contributed by atoms with Crippen molar-refractivity contribution in [1.29, 1.82) is 0 Å². The number of hydrogen-bond acceptors (Lipinski definition) is 5. The summed E-state index contributed by atoms with van der Waals surface area (Å²) < 4.78 is 5.91. The average molecular weight is 880 g/mol. The summed E-state index contributed by atoms with van der Waals surface area (Å²) in [5.74, 6) is -0.532. The van der Waals surface area contributed by atoms with Crippen LogP contribution in [0.1, 0.15) is 252 Å². The number of esters is 1. The van der Waals surface area contributed by atoms with Gasteiger partial charge in [-0.3, -0.25) is 9.59 Å². The number of rotatable bonds is 47. The Balaban J connectivity index is 4.58. The highest BCUT2D eigenvalue weighted by atomic mass is 16.5. The number of unbranched alkanes of at least 4 members (excludes halogenated alkanes) is 27. The number of carbonyl (C=O) groups excluding carboxylic acids is 2. The van der Waals surface area contributed by atoms with Crippen molar-refractivity contribution in [2.45, 2.75) is 270 Å². The van der Waals surface area contributed by atoms with E-state index in [1.165, 1.54) is 122 Å². The zero-order valence-electron chi connectivity index (χ0n) is 41.4. The van der Waals surface area contributed by atoms with Gasteiger partial charge in [0, 0.05) is 6.42 Å². The summed E-state index contributed by atoms with van der Waals surface area (Å²) in [6.45, 7) is 6.38. The van der Waals surface area contributed by atoms with Crippen LogP contribution in [0.2, 0.25) is 0 Å². The molecule has 1 amide bonds. The Morgan fingerprint density at radius 1 is 0.460 bits per heavy atom.